The topological polar surface area (TPSA) is 65.3 Å². The van der Waals surface area contributed by atoms with Gasteiger partial charge in [-0.25, -0.2) is 0 Å². The van der Waals surface area contributed by atoms with Crippen molar-refractivity contribution in [1.82, 2.24) is 5.32 Å². The summed E-state index contributed by atoms with van der Waals surface area (Å²) in [4.78, 5) is 0. The highest BCUT2D eigenvalue weighted by atomic mass is 16.5. The SMILES string of the molecule is COc1cc(O)c(C2CCCCN2)cc1C#N. The van der Waals surface area contributed by atoms with Crippen LogP contribution in [0.2, 0.25) is 0 Å². The number of phenols is 1. The van der Waals surface area contributed by atoms with Crippen LogP contribution in [0.25, 0.3) is 0 Å². The van der Waals surface area contributed by atoms with E-state index in [9.17, 15) is 5.11 Å². The Labute approximate surface area is 101 Å². The number of ether oxygens (including phenoxy) is 1. The lowest BCUT2D eigenvalue weighted by Gasteiger charge is -2.25. The van der Waals surface area contributed by atoms with Gasteiger partial charge in [-0.15, -0.1) is 0 Å². The Morgan fingerprint density at radius 2 is 2.29 bits per heavy atom. The molecule has 4 heteroatoms. The molecule has 0 aromatic heterocycles. The summed E-state index contributed by atoms with van der Waals surface area (Å²) in [5.41, 5.74) is 1.26. The van der Waals surface area contributed by atoms with E-state index in [1.165, 1.54) is 19.6 Å². The molecule has 0 spiro atoms. The normalized spacial score (nSPS) is 19.6. The van der Waals surface area contributed by atoms with Gasteiger partial charge in [-0.1, -0.05) is 6.42 Å². The molecule has 1 aliphatic heterocycles. The second-order valence-corrected chi connectivity index (χ2v) is 4.23. The number of nitrogens with zero attached hydrogens (tertiary/aromatic N) is 1. The largest absolute Gasteiger partial charge is 0.507 e. The molecule has 1 fully saturated rings. The standard InChI is InChI=1S/C13H16N2O2/c1-17-13-7-12(16)10(6-9(13)8-14)11-4-2-3-5-15-11/h6-7,11,15-16H,2-5H2,1H3. The minimum absolute atomic E-state index is 0.141. The summed E-state index contributed by atoms with van der Waals surface area (Å²) in [7, 11) is 1.49. The van der Waals surface area contributed by atoms with Gasteiger partial charge in [-0.2, -0.15) is 5.26 Å². The maximum atomic E-state index is 9.97. The van der Waals surface area contributed by atoms with E-state index in [4.69, 9.17) is 10.00 Å². The van der Waals surface area contributed by atoms with Crippen molar-refractivity contribution in [2.24, 2.45) is 0 Å². The van der Waals surface area contributed by atoms with Gasteiger partial charge in [0.05, 0.1) is 12.7 Å². The predicted octanol–water partition coefficient (Wildman–Crippen LogP) is 2.09. The van der Waals surface area contributed by atoms with E-state index < -0.39 is 0 Å². The lowest BCUT2D eigenvalue weighted by Crippen LogP contribution is -2.26. The number of benzene rings is 1. The molecule has 0 aliphatic carbocycles. The first-order valence-corrected chi connectivity index (χ1v) is 5.80. The van der Waals surface area contributed by atoms with Crippen LogP contribution in [0.1, 0.15) is 36.4 Å². The van der Waals surface area contributed by atoms with Gasteiger partial charge in [0, 0.05) is 17.7 Å². The maximum absolute atomic E-state index is 9.97. The van der Waals surface area contributed by atoms with Gasteiger partial charge in [-0.05, 0) is 25.5 Å². The molecule has 0 bridgehead atoms. The summed E-state index contributed by atoms with van der Waals surface area (Å²) in [6, 6.07) is 5.47. The van der Waals surface area contributed by atoms with E-state index in [2.05, 4.69) is 11.4 Å². The first-order chi connectivity index (χ1) is 8.26. The van der Waals surface area contributed by atoms with E-state index in [-0.39, 0.29) is 11.8 Å². The lowest BCUT2D eigenvalue weighted by molar-refractivity contribution is 0.382. The van der Waals surface area contributed by atoms with Gasteiger partial charge < -0.3 is 15.2 Å². The molecule has 2 rings (SSSR count). The molecule has 1 atom stereocenters. The third-order valence-corrected chi connectivity index (χ3v) is 3.15. The highest BCUT2D eigenvalue weighted by Gasteiger charge is 2.20. The van der Waals surface area contributed by atoms with E-state index >= 15 is 0 Å². The van der Waals surface area contributed by atoms with E-state index in [0.29, 0.717) is 11.3 Å². The number of rotatable bonds is 2. The Bertz CT molecular complexity index is 445. The molecule has 0 radical (unpaired) electrons. The van der Waals surface area contributed by atoms with Crippen molar-refractivity contribution in [3.63, 3.8) is 0 Å². The quantitative estimate of drug-likeness (QED) is 0.819. The van der Waals surface area contributed by atoms with Crippen LogP contribution in [0.5, 0.6) is 11.5 Å². The highest BCUT2D eigenvalue weighted by molar-refractivity contribution is 5.52. The molecule has 1 aromatic rings. The van der Waals surface area contributed by atoms with Crippen molar-refractivity contribution >= 4 is 0 Å². The molecule has 4 nitrogen and oxygen atoms in total. The minimum Gasteiger partial charge on any atom is -0.507 e. The maximum Gasteiger partial charge on any atom is 0.140 e. The van der Waals surface area contributed by atoms with Crippen LogP contribution in [0.4, 0.5) is 0 Å². The van der Waals surface area contributed by atoms with Gasteiger partial charge in [0.1, 0.15) is 17.6 Å². The highest BCUT2D eigenvalue weighted by Crippen LogP contribution is 2.34. The van der Waals surface area contributed by atoms with Gasteiger partial charge in [0.2, 0.25) is 0 Å². The second-order valence-electron chi connectivity index (χ2n) is 4.23. The number of hydrogen-bond donors (Lipinski definition) is 2. The molecule has 1 saturated heterocycles. The van der Waals surface area contributed by atoms with Gasteiger partial charge >= 0.3 is 0 Å². The smallest absolute Gasteiger partial charge is 0.140 e. The van der Waals surface area contributed by atoms with E-state index in [0.717, 1.165) is 24.9 Å². The fraction of sp³-hybridized carbons (Fsp3) is 0.462. The zero-order chi connectivity index (χ0) is 12.3. The molecule has 2 N–H and O–H groups in total. The van der Waals surface area contributed by atoms with Gasteiger partial charge in [-0.3, -0.25) is 0 Å². The van der Waals surface area contributed by atoms with Crippen molar-refractivity contribution < 1.29 is 9.84 Å². The zero-order valence-electron chi connectivity index (χ0n) is 9.86. The fourth-order valence-corrected chi connectivity index (χ4v) is 2.24. The number of hydrogen-bond acceptors (Lipinski definition) is 4. The number of nitriles is 1. The molecule has 1 unspecified atom stereocenters. The molecular weight excluding hydrogens is 216 g/mol. The van der Waals surface area contributed by atoms with Crippen LogP contribution >= 0.6 is 0 Å². The summed E-state index contributed by atoms with van der Waals surface area (Å²) in [6.07, 6.45) is 3.30. The van der Waals surface area contributed by atoms with Gasteiger partial charge in [0.15, 0.2) is 0 Å². The molecule has 1 aromatic carbocycles. The van der Waals surface area contributed by atoms with Crippen LogP contribution in [0.15, 0.2) is 12.1 Å². The number of piperidine rings is 1. The fourth-order valence-electron chi connectivity index (χ4n) is 2.24. The average molecular weight is 232 g/mol. The lowest BCUT2D eigenvalue weighted by atomic mass is 9.95. The molecule has 0 saturated carbocycles. The Hall–Kier alpha value is -1.73. The first-order valence-electron chi connectivity index (χ1n) is 5.80. The predicted molar refractivity (Wildman–Crippen MR) is 64.0 cm³/mol. The molecule has 1 aliphatic rings. The summed E-state index contributed by atoms with van der Waals surface area (Å²) < 4.78 is 5.06. The third-order valence-electron chi connectivity index (χ3n) is 3.15. The van der Waals surface area contributed by atoms with Crippen LogP contribution in [-0.4, -0.2) is 18.8 Å². The third kappa shape index (κ3) is 2.34. The first kappa shape index (κ1) is 11.7. The summed E-state index contributed by atoms with van der Waals surface area (Å²) in [6.45, 7) is 0.956. The Morgan fingerprint density at radius 3 is 2.88 bits per heavy atom. The van der Waals surface area contributed by atoms with Crippen molar-refractivity contribution in [1.29, 1.82) is 5.26 Å². The Morgan fingerprint density at radius 1 is 1.47 bits per heavy atom. The second kappa shape index (κ2) is 5.07. The number of methoxy groups -OCH3 is 1. The summed E-state index contributed by atoms with van der Waals surface area (Å²) in [5.74, 6) is 0.616. The van der Waals surface area contributed by atoms with Crippen LogP contribution in [0.3, 0.4) is 0 Å². The van der Waals surface area contributed by atoms with E-state index in [1.807, 2.05) is 0 Å². The van der Waals surface area contributed by atoms with Crippen molar-refractivity contribution in [2.45, 2.75) is 25.3 Å². The van der Waals surface area contributed by atoms with Crippen molar-refractivity contribution in [3.05, 3.63) is 23.3 Å². The molecule has 90 valence electrons. The molecule has 17 heavy (non-hydrogen) atoms. The summed E-state index contributed by atoms with van der Waals surface area (Å²) >= 11 is 0. The van der Waals surface area contributed by atoms with Crippen LogP contribution < -0.4 is 10.1 Å². The van der Waals surface area contributed by atoms with E-state index in [1.54, 1.807) is 6.07 Å². The summed E-state index contributed by atoms with van der Waals surface area (Å²) in [5, 5.41) is 22.4. The van der Waals surface area contributed by atoms with Crippen LogP contribution in [-0.2, 0) is 0 Å². The minimum atomic E-state index is 0.141. The molecular formula is C13H16N2O2. The molecule has 0 amide bonds. The Balaban J connectivity index is 2.37. The average Bonchev–Trinajstić information content (AvgIpc) is 2.39. The number of nitrogens with one attached hydrogen (secondary N) is 1. The zero-order valence-corrected chi connectivity index (χ0v) is 9.86. The van der Waals surface area contributed by atoms with Crippen molar-refractivity contribution in [3.8, 4) is 17.6 Å². The van der Waals surface area contributed by atoms with Gasteiger partial charge in [0.25, 0.3) is 0 Å². The van der Waals surface area contributed by atoms with Crippen LogP contribution in [0, 0.1) is 11.3 Å². The molecule has 1 heterocycles. The number of aromatic hydroxyl groups is 1. The van der Waals surface area contributed by atoms with Crippen molar-refractivity contribution in [2.75, 3.05) is 13.7 Å². The Kier molecular flexibility index (Phi) is 3.50. The number of phenolic OH excluding ortho intramolecular Hbond substituents is 1. The monoisotopic (exact) mass is 232 g/mol.